The Morgan fingerprint density at radius 2 is 1.41 bits per heavy atom. The minimum Gasteiger partial charge on any atom is -0.497 e. The lowest BCUT2D eigenvalue weighted by atomic mass is 9.80. The van der Waals surface area contributed by atoms with E-state index in [1.807, 2.05) is 78.9 Å². The van der Waals surface area contributed by atoms with E-state index in [1.54, 1.807) is 21.3 Å². The Labute approximate surface area is 363 Å². The number of aromatic amines is 1. The number of hydrogen-bond acceptors (Lipinski definition) is 11. The van der Waals surface area contributed by atoms with Gasteiger partial charge in [0.1, 0.15) is 41.5 Å². The number of ether oxygens (including phenoxy) is 4. The van der Waals surface area contributed by atoms with Crippen molar-refractivity contribution in [1.29, 1.82) is 5.26 Å². The maximum Gasteiger partial charge on any atom is 0.328 e. The predicted octanol–water partition coefficient (Wildman–Crippen LogP) is 8.59. The molecule has 0 spiro atoms. The maximum atomic E-state index is 13.8. The summed E-state index contributed by atoms with van der Waals surface area (Å²) in [6.45, 7) is 19.1. The van der Waals surface area contributed by atoms with Gasteiger partial charge in [-0.1, -0.05) is 75.4 Å². The predicted molar refractivity (Wildman–Crippen MR) is 240 cm³/mol. The summed E-state index contributed by atoms with van der Waals surface area (Å²) < 4.78 is 50.2. The molecule has 0 saturated carbocycles. The van der Waals surface area contributed by atoms with Crippen molar-refractivity contribution in [3.8, 4) is 17.6 Å². The molecule has 1 unspecified atom stereocenters. The Hall–Kier alpha value is -4.16. The van der Waals surface area contributed by atoms with Crippen LogP contribution in [-0.4, -0.2) is 80.4 Å². The fourth-order valence-electron chi connectivity index (χ4n) is 7.35. The topological polar surface area (TPSA) is 147 Å². The first-order valence-electron chi connectivity index (χ1n) is 20.7. The quantitative estimate of drug-likeness (QED) is 0.0418. The Balaban J connectivity index is 1.75. The Morgan fingerprint density at radius 1 is 0.869 bits per heavy atom. The van der Waals surface area contributed by atoms with Gasteiger partial charge in [0.2, 0.25) is 0 Å². The fourth-order valence-corrected chi connectivity index (χ4v) is 10.4. The third-order valence-electron chi connectivity index (χ3n) is 11.5. The van der Waals surface area contributed by atoms with Gasteiger partial charge in [-0.3, -0.25) is 9.78 Å². The van der Waals surface area contributed by atoms with Crippen molar-refractivity contribution in [2.75, 3.05) is 27.4 Å². The molecule has 0 radical (unpaired) electrons. The van der Waals surface area contributed by atoms with Crippen molar-refractivity contribution in [3.63, 3.8) is 0 Å². The highest BCUT2D eigenvalue weighted by Crippen LogP contribution is 2.53. The SMILES string of the molecule is COc1ccc(C(OC[C@H]2O[C@@H](c3cn(C)c(=O)[nH]c3=O)[C@H](O[Si](C)(C)C(C)(C)C)[C@@H]2OP(OCCC#N)N(C(C)C)C(C)C)(c2ccccc2)c2ccc(OC)cc2)cc1. The molecule has 1 aromatic heterocycles. The van der Waals surface area contributed by atoms with Crippen LogP contribution in [0.5, 0.6) is 11.5 Å². The normalized spacial score (nSPS) is 19.0. The zero-order chi connectivity index (χ0) is 44.7. The summed E-state index contributed by atoms with van der Waals surface area (Å²) in [4.78, 5) is 29.0. The summed E-state index contributed by atoms with van der Waals surface area (Å²) in [5, 5.41) is 9.28. The molecule has 3 aromatic carbocycles. The first-order valence-corrected chi connectivity index (χ1v) is 24.8. The van der Waals surface area contributed by atoms with Gasteiger partial charge in [0, 0.05) is 25.3 Å². The number of nitriles is 1. The van der Waals surface area contributed by atoms with Crippen LogP contribution in [0.2, 0.25) is 18.1 Å². The Morgan fingerprint density at radius 3 is 1.90 bits per heavy atom. The van der Waals surface area contributed by atoms with Gasteiger partial charge in [-0.15, -0.1) is 0 Å². The molecule has 5 atom stereocenters. The second-order valence-corrected chi connectivity index (χ2v) is 23.5. The standard InChI is InChI=1S/C46H63N4O9PSi/c1-31(2)50(32(3)4)60(56-28-16-27-47)58-41-39(57-40(38-29-49(8)44(52)48-43(38)51)42(41)59-61(11,12)45(5,6)7)30-55-46(33-17-14-13-15-18-33,34-19-23-36(53-9)24-20-34)35-21-25-37(54-10)26-22-35/h13-15,17-26,29,31-32,39-42H,16,28,30H2,1-12H3,(H,48,51,52)/t39-,40+,41-,42+,60?/m1/s1. The molecule has 13 nitrogen and oxygen atoms in total. The second kappa shape index (κ2) is 20.3. The second-order valence-electron chi connectivity index (χ2n) is 17.3. The summed E-state index contributed by atoms with van der Waals surface area (Å²) in [6, 6.07) is 27.7. The zero-order valence-corrected chi connectivity index (χ0v) is 39.5. The van der Waals surface area contributed by atoms with Crippen LogP contribution in [0.1, 0.15) is 83.2 Å². The lowest BCUT2D eigenvalue weighted by molar-refractivity contribution is -0.0809. The minimum absolute atomic E-state index is 0.00291. The molecule has 0 aliphatic carbocycles. The van der Waals surface area contributed by atoms with E-state index in [4.69, 9.17) is 32.4 Å². The Kier molecular flexibility index (Phi) is 16.0. The molecule has 1 aliphatic rings. The molecular formula is C46H63N4O9PSi. The number of nitrogens with one attached hydrogen (secondary N) is 1. The van der Waals surface area contributed by atoms with Crippen LogP contribution >= 0.6 is 8.53 Å². The van der Waals surface area contributed by atoms with Gasteiger partial charge in [0.05, 0.1) is 45.5 Å². The van der Waals surface area contributed by atoms with Crippen molar-refractivity contribution in [3.05, 3.63) is 128 Å². The number of aromatic nitrogens is 2. The van der Waals surface area contributed by atoms with E-state index in [-0.39, 0.29) is 42.3 Å². The average molecular weight is 875 g/mol. The van der Waals surface area contributed by atoms with Gasteiger partial charge in [-0.05, 0) is 86.8 Å². The van der Waals surface area contributed by atoms with Crippen molar-refractivity contribution in [2.24, 2.45) is 7.05 Å². The molecule has 5 rings (SSSR count). The van der Waals surface area contributed by atoms with Crippen LogP contribution in [0, 0.1) is 11.3 Å². The summed E-state index contributed by atoms with van der Waals surface area (Å²) in [6.07, 6.45) is -1.84. The van der Waals surface area contributed by atoms with E-state index < -0.39 is 58.1 Å². The van der Waals surface area contributed by atoms with Crippen molar-refractivity contribution < 1.29 is 32.4 Å². The highest BCUT2D eigenvalue weighted by molar-refractivity contribution is 7.44. The molecule has 1 saturated heterocycles. The molecule has 4 aromatic rings. The van der Waals surface area contributed by atoms with Crippen LogP contribution in [-0.2, 0) is 35.6 Å². The maximum absolute atomic E-state index is 13.8. The van der Waals surface area contributed by atoms with Crippen LogP contribution in [0.15, 0.2) is 94.6 Å². The number of methoxy groups -OCH3 is 2. The molecular weight excluding hydrogens is 812 g/mol. The third-order valence-corrected chi connectivity index (χ3v) is 18.1. The molecule has 1 N–H and O–H groups in total. The molecule has 2 heterocycles. The van der Waals surface area contributed by atoms with E-state index in [1.165, 1.54) is 10.8 Å². The van der Waals surface area contributed by atoms with Gasteiger partial charge in [0.25, 0.3) is 14.1 Å². The zero-order valence-electron chi connectivity index (χ0n) is 37.6. The van der Waals surface area contributed by atoms with Crippen LogP contribution in [0.25, 0.3) is 0 Å². The summed E-state index contributed by atoms with van der Waals surface area (Å²) in [5.41, 5.74) is 0.402. The molecule has 0 amide bonds. The van der Waals surface area contributed by atoms with Gasteiger partial charge in [0.15, 0.2) is 8.32 Å². The fraction of sp³-hybridized carbons (Fsp3) is 0.500. The smallest absolute Gasteiger partial charge is 0.328 e. The number of aryl methyl sites for hydroxylation is 1. The molecule has 1 aliphatic heterocycles. The van der Waals surface area contributed by atoms with Crippen LogP contribution in [0.4, 0.5) is 0 Å². The number of benzene rings is 3. The van der Waals surface area contributed by atoms with Gasteiger partial charge in [-0.25, -0.2) is 9.46 Å². The third kappa shape index (κ3) is 10.7. The highest BCUT2D eigenvalue weighted by atomic mass is 31.2. The molecule has 61 heavy (non-hydrogen) atoms. The van der Waals surface area contributed by atoms with E-state index in [9.17, 15) is 14.9 Å². The number of rotatable bonds is 19. The monoisotopic (exact) mass is 874 g/mol. The molecule has 330 valence electrons. The van der Waals surface area contributed by atoms with E-state index in [0.717, 1.165) is 16.7 Å². The molecule has 15 heteroatoms. The number of H-pyrrole nitrogens is 1. The van der Waals surface area contributed by atoms with Gasteiger partial charge < -0.3 is 37.0 Å². The number of hydrogen-bond donors (Lipinski definition) is 1. The Bertz CT molecular complexity index is 2130. The van der Waals surface area contributed by atoms with Crippen LogP contribution < -0.4 is 20.7 Å². The van der Waals surface area contributed by atoms with Crippen molar-refractivity contribution in [2.45, 2.75) is 115 Å². The van der Waals surface area contributed by atoms with E-state index in [0.29, 0.717) is 11.5 Å². The first-order chi connectivity index (χ1) is 28.9. The highest BCUT2D eigenvalue weighted by Gasteiger charge is 2.54. The lowest BCUT2D eigenvalue weighted by Crippen LogP contribution is -2.50. The molecule has 1 fully saturated rings. The van der Waals surface area contributed by atoms with E-state index in [2.05, 4.69) is 77.3 Å². The van der Waals surface area contributed by atoms with Gasteiger partial charge >= 0.3 is 5.69 Å². The molecule has 0 bridgehead atoms. The lowest BCUT2D eigenvalue weighted by Gasteiger charge is -2.42. The first kappa shape index (κ1) is 47.9. The van der Waals surface area contributed by atoms with Crippen molar-refractivity contribution in [1.82, 2.24) is 14.2 Å². The summed E-state index contributed by atoms with van der Waals surface area (Å²) in [5.74, 6) is 1.38. The summed E-state index contributed by atoms with van der Waals surface area (Å²) >= 11 is 0. The largest absolute Gasteiger partial charge is 0.497 e. The van der Waals surface area contributed by atoms with E-state index >= 15 is 0 Å². The average Bonchev–Trinajstić information content (AvgIpc) is 3.54. The van der Waals surface area contributed by atoms with Crippen molar-refractivity contribution >= 4 is 16.8 Å². The summed E-state index contributed by atoms with van der Waals surface area (Å²) in [7, 11) is 0.373. The van der Waals surface area contributed by atoms with Crippen LogP contribution in [0.3, 0.4) is 0 Å². The van der Waals surface area contributed by atoms with Gasteiger partial charge in [-0.2, -0.15) is 5.26 Å². The number of nitrogens with zero attached hydrogens (tertiary/aromatic N) is 3. The minimum atomic E-state index is -2.64.